The number of aliphatic hydroxyl groups excluding tert-OH is 1. The third-order valence-electron chi connectivity index (χ3n) is 4.34. The van der Waals surface area contributed by atoms with Gasteiger partial charge in [0, 0.05) is 12.6 Å². The lowest BCUT2D eigenvalue weighted by Gasteiger charge is -2.22. The Morgan fingerprint density at radius 3 is 2.88 bits per heavy atom. The molecule has 0 aromatic heterocycles. The molecule has 0 aliphatic carbocycles. The number of aryl methyl sites for hydroxylation is 1. The summed E-state index contributed by atoms with van der Waals surface area (Å²) in [7, 11) is 0. The van der Waals surface area contributed by atoms with Gasteiger partial charge in [-0.15, -0.1) is 0 Å². The number of fused-ring (bicyclic) bond motifs is 1. The van der Waals surface area contributed by atoms with Gasteiger partial charge in [-0.25, -0.2) is 4.39 Å². The number of carbonyl (C=O) groups excluding carboxylic acids is 1. The number of carbonyl (C=O) groups is 1. The maximum Gasteiger partial charge on any atom is 0.262 e. The van der Waals surface area contributed by atoms with Gasteiger partial charge >= 0.3 is 0 Å². The minimum absolute atomic E-state index is 0.0311. The summed E-state index contributed by atoms with van der Waals surface area (Å²) in [6, 6.07) is 9.92. The monoisotopic (exact) mass is 344 g/mol. The third-order valence-corrected chi connectivity index (χ3v) is 4.34. The van der Waals surface area contributed by atoms with Crippen LogP contribution in [-0.2, 0) is 4.79 Å². The lowest BCUT2D eigenvalue weighted by molar-refractivity contribution is -0.118. The van der Waals surface area contributed by atoms with Crippen LogP contribution in [0.25, 0.3) is 0 Å². The van der Waals surface area contributed by atoms with E-state index in [4.69, 9.17) is 4.74 Å². The van der Waals surface area contributed by atoms with Gasteiger partial charge in [-0.1, -0.05) is 12.1 Å². The first kappa shape index (κ1) is 17.4. The Bertz CT molecular complexity index is 794. The fourth-order valence-electron chi connectivity index (χ4n) is 2.90. The molecule has 1 aliphatic rings. The number of anilines is 1. The molecular formula is C19H21FN2O3. The van der Waals surface area contributed by atoms with E-state index in [2.05, 4.69) is 10.6 Å². The third kappa shape index (κ3) is 3.97. The van der Waals surface area contributed by atoms with Crippen molar-refractivity contribution in [1.82, 2.24) is 5.32 Å². The predicted molar refractivity (Wildman–Crippen MR) is 93.1 cm³/mol. The Hall–Kier alpha value is -2.44. The van der Waals surface area contributed by atoms with E-state index in [9.17, 15) is 14.3 Å². The van der Waals surface area contributed by atoms with Gasteiger partial charge in [-0.05, 0) is 54.8 Å². The molecule has 2 atom stereocenters. The van der Waals surface area contributed by atoms with Crippen molar-refractivity contribution in [3.63, 3.8) is 0 Å². The molecule has 3 rings (SSSR count). The van der Waals surface area contributed by atoms with E-state index in [1.807, 2.05) is 25.1 Å². The van der Waals surface area contributed by atoms with E-state index in [1.165, 1.54) is 12.1 Å². The number of rotatable bonds is 5. The molecule has 1 heterocycles. The topological polar surface area (TPSA) is 70.6 Å². The summed E-state index contributed by atoms with van der Waals surface area (Å²) in [5.41, 5.74) is 3.03. The molecule has 2 aromatic rings. The Labute approximate surface area is 145 Å². The van der Waals surface area contributed by atoms with Crippen LogP contribution < -0.4 is 15.4 Å². The summed E-state index contributed by atoms with van der Waals surface area (Å²) < 4.78 is 18.5. The van der Waals surface area contributed by atoms with Gasteiger partial charge in [0.1, 0.15) is 11.6 Å². The Balaban J connectivity index is 1.65. The molecule has 0 saturated heterocycles. The Morgan fingerprint density at radius 1 is 1.32 bits per heavy atom. The number of amides is 1. The lowest BCUT2D eigenvalue weighted by atomic mass is 10.0. The van der Waals surface area contributed by atoms with E-state index in [0.717, 1.165) is 11.1 Å². The normalized spacial score (nSPS) is 15.8. The molecule has 0 radical (unpaired) electrons. The van der Waals surface area contributed by atoms with Crippen LogP contribution in [-0.4, -0.2) is 24.2 Å². The van der Waals surface area contributed by atoms with Crippen molar-refractivity contribution in [2.45, 2.75) is 26.0 Å². The summed E-state index contributed by atoms with van der Waals surface area (Å²) in [5, 5.41) is 16.4. The molecule has 0 saturated carbocycles. The van der Waals surface area contributed by atoms with Crippen LogP contribution in [0.5, 0.6) is 5.75 Å². The highest BCUT2D eigenvalue weighted by molar-refractivity contribution is 5.95. The molecule has 2 aromatic carbocycles. The van der Waals surface area contributed by atoms with Gasteiger partial charge in [0.25, 0.3) is 5.91 Å². The van der Waals surface area contributed by atoms with E-state index >= 15 is 0 Å². The number of nitrogens with one attached hydrogen (secondary N) is 2. The van der Waals surface area contributed by atoms with Crippen LogP contribution in [0.15, 0.2) is 36.4 Å². The molecule has 0 fully saturated rings. The second-order valence-electron chi connectivity index (χ2n) is 6.24. The van der Waals surface area contributed by atoms with Crippen molar-refractivity contribution in [1.29, 1.82) is 0 Å². The lowest BCUT2D eigenvalue weighted by Crippen LogP contribution is -2.27. The van der Waals surface area contributed by atoms with Crippen molar-refractivity contribution in [2.24, 2.45) is 0 Å². The Morgan fingerprint density at radius 2 is 2.12 bits per heavy atom. The number of halogens is 1. The van der Waals surface area contributed by atoms with Crippen LogP contribution in [0.1, 0.15) is 35.8 Å². The number of benzene rings is 2. The minimum atomic E-state index is -0.733. The van der Waals surface area contributed by atoms with Crippen molar-refractivity contribution in [3.8, 4) is 5.75 Å². The number of hydrogen-bond donors (Lipinski definition) is 3. The van der Waals surface area contributed by atoms with E-state index in [-0.39, 0.29) is 24.4 Å². The van der Waals surface area contributed by atoms with Gasteiger partial charge in [-0.2, -0.15) is 0 Å². The van der Waals surface area contributed by atoms with Crippen LogP contribution in [0.3, 0.4) is 0 Å². The largest absolute Gasteiger partial charge is 0.482 e. The van der Waals surface area contributed by atoms with Gasteiger partial charge in [0.15, 0.2) is 6.61 Å². The second-order valence-corrected chi connectivity index (χ2v) is 6.24. The summed E-state index contributed by atoms with van der Waals surface area (Å²) in [5.74, 6) is 0.165. The van der Waals surface area contributed by atoms with Gasteiger partial charge in [-0.3, -0.25) is 4.79 Å². The number of aliphatic hydroxyl groups is 1. The van der Waals surface area contributed by atoms with Crippen LogP contribution in [0.4, 0.5) is 10.1 Å². The average Bonchev–Trinajstić information content (AvgIpc) is 2.58. The van der Waals surface area contributed by atoms with E-state index < -0.39 is 6.10 Å². The highest BCUT2D eigenvalue weighted by Gasteiger charge is 2.18. The summed E-state index contributed by atoms with van der Waals surface area (Å²) in [4.78, 5) is 11.4. The quantitative estimate of drug-likeness (QED) is 0.780. The first-order valence-corrected chi connectivity index (χ1v) is 8.18. The fraction of sp³-hybridized carbons (Fsp3) is 0.316. The number of hydrogen-bond acceptors (Lipinski definition) is 4. The van der Waals surface area contributed by atoms with Crippen molar-refractivity contribution in [3.05, 3.63) is 58.9 Å². The molecule has 25 heavy (non-hydrogen) atoms. The van der Waals surface area contributed by atoms with Gasteiger partial charge in [0.05, 0.1) is 11.8 Å². The fourth-order valence-corrected chi connectivity index (χ4v) is 2.90. The van der Waals surface area contributed by atoms with Crippen molar-refractivity contribution in [2.75, 3.05) is 18.5 Å². The van der Waals surface area contributed by atoms with E-state index in [1.54, 1.807) is 13.0 Å². The zero-order valence-electron chi connectivity index (χ0n) is 14.2. The average molecular weight is 344 g/mol. The molecule has 2 unspecified atom stereocenters. The molecule has 5 nitrogen and oxygen atoms in total. The highest BCUT2D eigenvalue weighted by Crippen LogP contribution is 2.30. The smallest absolute Gasteiger partial charge is 0.262 e. The molecule has 0 spiro atoms. The first-order chi connectivity index (χ1) is 11.9. The van der Waals surface area contributed by atoms with Crippen LogP contribution in [0, 0.1) is 12.7 Å². The van der Waals surface area contributed by atoms with Crippen LogP contribution >= 0.6 is 0 Å². The van der Waals surface area contributed by atoms with Gasteiger partial charge in [0.2, 0.25) is 0 Å². The van der Waals surface area contributed by atoms with Crippen molar-refractivity contribution < 1.29 is 19.0 Å². The maximum atomic E-state index is 13.2. The zero-order chi connectivity index (χ0) is 18.0. The molecule has 0 bridgehead atoms. The highest BCUT2D eigenvalue weighted by atomic mass is 19.1. The first-order valence-electron chi connectivity index (χ1n) is 8.18. The molecular weight excluding hydrogens is 323 g/mol. The molecule has 6 heteroatoms. The SMILES string of the molecule is Cc1cc(F)ccc1C(O)CNC(C)c1ccc2c(c1)NC(=O)CO2. The molecule has 3 N–H and O–H groups in total. The summed E-state index contributed by atoms with van der Waals surface area (Å²) >= 11 is 0. The second kappa shape index (κ2) is 7.21. The van der Waals surface area contributed by atoms with Crippen molar-refractivity contribution >= 4 is 11.6 Å². The zero-order valence-corrected chi connectivity index (χ0v) is 14.2. The van der Waals surface area contributed by atoms with Crippen LogP contribution in [0.2, 0.25) is 0 Å². The summed E-state index contributed by atoms with van der Waals surface area (Å²) in [6.07, 6.45) is -0.733. The predicted octanol–water partition coefficient (Wildman–Crippen LogP) is 2.85. The molecule has 132 valence electrons. The van der Waals surface area contributed by atoms with Gasteiger partial charge < -0.3 is 20.5 Å². The Kier molecular flexibility index (Phi) is 5.01. The minimum Gasteiger partial charge on any atom is -0.482 e. The molecule has 1 amide bonds. The standard InChI is InChI=1S/C19H21FN2O3/c1-11-7-14(20)4-5-15(11)17(23)9-21-12(2)13-3-6-18-16(8-13)22-19(24)10-25-18/h3-8,12,17,21,23H,9-10H2,1-2H3,(H,22,24). The summed E-state index contributed by atoms with van der Waals surface area (Å²) in [6.45, 7) is 4.10. The van der Waals surface area contributed by atoms with E-state index in [0.29, 0.717) is 23.5 Å². The molecule has 1 aliphatic heterocycles. The number of ether oxygens (including phenoxy) is 1. The maximum absolute atomic E-state index is 13.2.